The standard InChI is InChI=1S/C25H20Cl2N2O3/c1-16-3-7-21(27)12-23(16)29-25(30)19(14-28)11-18-6-10-22(31-2)13-24(18)32-15-17-4-8-20(26)9-5-17/h3-13H,15H2,1-2H3,(H,29,30)/b19-11+. The monoisotopic (exact) mass is 466 g/mol. The third-order valence-corrected chi connectivity index (χ3v) is 5.13. The van der Waals surface area contributed by atoms with E-state index in [-0.39, 0.29) is 12.2 Å². The highest BCUT2D eigenvalue weighted by Gasteiger charge is 2.14. The van der Waals surface area contributed by atoms with Crippen molar-refractivity contribution in [1.29, 1.82) is 5.26 Å². The molecule has 0 aliphatic rings. The number of carbonyl (C=O) groups excluding carboxylic acids is 1. The lowest BCUT2D eigenvalue weighted by molar-refractivity contribution is -0.112. The number of halogens is 2. The molecule has 1 N–H and O–H groups in total. The van der Waals surface area contributed by atoms with E-state index in [1.807, 2.05) is 25.1 Å². The van der Waals surface area contributed by atoms with Gasteiger partial charge < -0.3 is 14.8 Å². The minimum Gasteiger partial charge on any atom is -0.497 e. The van der Waals surface area contributed by atoms with Gasteiger partial charge in [0.05, 0.1) is 7.11 Å². The molecule has 0 heterocycles. The highest BCUT2D eigenvalue weighted by Crippen LogP contribution is 2.28. The van der Waals surface area contributed by atoms with Gasteiger partial charge in [0.2, 0.25) is 0 Å². The van der Waals surface area contributed by atoms with Crippen LogP contribution in [-0.2, 0) is 11.4 Å². The second-order valence-electron chi connectivity index (χ2n) is 6.90. The number of carbonyl (C=O) groups is 1. The largest absolute Gasteiger partial charge is 0.497 e. The molecule has 7 heteroatoms. The van der Waals surface area contributed by atoms with E-state index in [9.17, 15) is 10.1 Å². The zero-order valence-electron chi connectivity index (χ0n) is 17.5. The molecule has 0 saturated heterocycles. The number of rotatable bonds is 7. The van der Waals surface area contributed by atoms with Crippen molar-refractivity contribution < 1.29 is 14.3 Å². The molecule has 0 fully saturated rings. The van der Waals surface area contributed by atoms with E-state index >= 15 is 0 Å². The molecule has 0 radical (unpaired) electrons. The van der Waals surface area contributed by atoms with E-state index in [1.54, 1.807) is 55.6 Å². The lowest BCUT2D eigenvalue weighted by atomic mass is 10.1. The van der Waals surface area contributed by atoms with Crippen LogP contribution in [0.5, 0.6) is 11.5 Å². The van der Waals surface area contributed by atoms with Crippen molar-refractivity contribution >= 4 is 40.9 Å². The SMILES string of the molecule is COc1ccc(/C=C(\C#N)C(=O)Nc2cc(Cl)ccc2C)c(OCc2ccc(Cl)cc2)c1. The summed E-state index contributed by atoms with van der Waals surface area (Å²) in [4.78, 5) is 12.7. The molecule has 0 bridgehead atoms. The predicted molar refractivity (Wildman–Crippen MR) is 127 cm³/mol. The zero-order chi connectivity index (χ0) is 23.1. The van der Waals surface area contributed by atoms with Crippen molar-refractivity contribution in [2.75, 3.05) is 12.4 Å². The number of benzene rings is 3. The molecule has 1 amide bonds. The van der Waals surface area contributed by atoms with E-state index < -0.39 is 5.91 Å². The average molecular weight is 467 g/mol. The second kappa shape index (κ2) is 10.7. The van der Waals surface area contributed by atoms with Gasteiger partial charge in [-0.05, 0) is 60.5 Å². The summed E-state index contributed by atoms with van der Waals surface area (Å²) in [6.07, 6.45) is 1.48. The summed E-state index contributed by atoms with van der Waals surface area (Å²) in [6, 6.07) is 19.6. The van der Waals surface area contributed by atoms with Crippen molar-refractivity contribution in [3.8, 4) is 17.6 Å². The molecule has 0 unspecified atom stereocenters. The fraction of sp³-hybridized carbons (Fsp3) is 0.120. The van der Waals surface area contributed by atoms with Crippen LogP contribution in [0.1, 0.15) is 16.7 Å². The molecule has 0 aromatic heterocycles. The third-order valence-electron chi connectivity index (χ3n) is 4.64. The van der Waals surface area contributed by atoms with E-state index in [1.165, 1.54) is 6.08 Å². The summed E-state index contributed by atoms with van der Waals surface area (Å²) >= 11 is 12.0. The Kier molecular flexibility index (Phi) is 7.77. The molecule has 162 valence electrons. The Morgan fingerprint density at radius 3 is 2.47 bits per heavy atom. The van der Waals surface area contributed by atoms with Crippen LogP contribution in [0.15, 0.2) is 66.2 Å². The van der Waals surface area contributed by atoms with Crippen LogP contribution in [0.3, 0.4) is 0 Å². The maximum Gasteiger partial charge on any atom is 0.266 e. The number of ether oxygens (including phenoxy) is 2. The van der Waals surface area contributed by atoms with Crippen molar-refractivity contribution in [3.63, 3.8) is 0 Å². The maximum atomic E-state index is 12.7. The smallest absolute Gasteiger partial charge is 0.266 e. The maximum absolute atomic E-state index is 12.7. The fourth-order valence-corrected chi connectivity index (χ4v) is 3.15. The minimum absolute atomic E-state index is 0.0779. The molecule has 0 aliphatic heterocycles. The summed E-state index contributed by atoms with van der Waals surface area (Å²) in [5.41, 5.74) is 2.77. The topological polar surface area (TPSA) is 71.3 Å². The van der Waals surface area contributed by atoms with Gasteiger partial charge in [0, 0.05) is 27.4 Å². The molecule has 32 heavy (non-hydrogen) atoms. The molecular weight excluding hydrogens is 447 g/mol. The van der Waals surface area contributed by atoms with Crippen molar-refractivity contribution in [2.24, 2.45) is 0 Å². The molecule has 5 nitrogen and oxygen atoms in total. The fourth-order valence-electron chi connectivity index (χ4n) is 2.85. The second-order valence-corrected chi connectivity index (χ2v) is 7.77. The molecular formula is C25H20Cl2N2O3. The van der Waals surface area contributed by atoms with Gasteiger partial charge in [-0.25, -0.2) is 0 Å². The first-order valence-electron chi connectivity index (χ1n) is 9.64. The molecule has 0 atom stereocenters. The molecule has 3 aromatic rings. The van der Waals surface area contributed by atoms with Crippen LogP contribution in [0.4, 0.5) is 5.69 Å². The van der Waals surface area contributed by atoms with Crippen molar-refractivity contribution in [1.82, 2.24) is 0 Å². The van der Waals surface area contributed by atoms with Gasteiger partial charge in [-0.3, -0.25) is 4.79 Å². The summed E-state index contributed by atoms with van der Waals surface area (Å²) < 4.78 is 11.2. The van der Waals surface area contributed by atoms with Crippen LogP contribution in [0.25, 0.3) is 6.08 Å². The average Bonchev–Trinajstić information content (AvgIpc) is 2.79. The Hall–Kier alpha value is -3.46. The Bertz CT molecular complexity index is 1200. The Labute approximate surface area is 196 Å². The molecule has 0 aliphatic carbocycles. The minimum atomic E-state index is -0.544. The van der Waals surface area contributed by atoms with Gasteiger partial charge in [-0.1, -0.05) is 41.4 Å². The third kappa shape index (κ3) is 6.04. The number of nitrogens with zero attached hydrogens (tertiary/aromatic N) is 1. The van der Waals surface area contributed by atoms with E-state index in [0.29, 0.717) is 32.8 Å². The zero-order valence-corrected chi connectivity index (χ0v) is 19.0. The number of nitrogens with one attached hydrogen (secondary N) is 1. The lowest BCUT2D eigenvalue weighted by Crippen LogP contribution is -2.14. The summed E-state index contributed by atoms with van der Waals surface area (Å²) in [5, 5.41) is 13.5. The summed E-state index contributed by atoms with van der Waals surface area (Å²) in [5.74, 6) is 0.516. The van der Waals surface area contributed by atoms with E-state index in [0.717, 1.165) is 11.1 Å². The van der Waals surface area contributed by atoms with Gasteiger partial charge in [0.1, 0.15) is 29.7 Å². The van der Waals surface area contributed by atoms with E-state index in [2.05, 4.69) is 5.32 Å². The van der Waals surface area contributed by atoms with Crippen LogP contribution in [-0.4, -0.2) is 13.0 Å². The number of aryl methyl sites for hydroxylation is 1. The number of amides is 1. The quantitative estimate of drug-likeness (QED) is 0.321. The number of methoxy groups -OCH3 is 1. The van der Waals surface area contributed by atoms with Crippen LogP contribution >= 0.6 is 23.2 Å². The van der Waals surface area contributed by atoms with Crippen LogP contribution < -0.4 is 14.8 Å². The molecule has 0 spiro atoms. The Balaban J connectivity index is 1.87. The number of nitriles is 1. The first kappa shape index (κ1) is 23.2. The van der Waals surface area contributed by atoms with Gasteiger partial charge in [-0.15, -0.1) is 0 Å². The van der Waals surface area contributed by atoms with Crippen LogP contribution in [0.2, 0.25) is 10.0 Å². The summed E-state index contributed by atoms with van der Waals surface area (Å²) in [6.45, 7) is 2.12. The first-order valence-corrected chi connectivity index (χ1v) is 10.4. The predicted octanol–water partition coefficient (Wildman–Crippen LogP) is 6.44. The van der Waals surface area contributed by atoms with Crippen molar-refractivity contribution in [3.05, 3.63) is 93.0 Å². The highest BCUT2D eigenvalue weighted by molar-refractivity contribution is 6.31. The Morgan fingerprint density at radius 2 is 1.78 bits per heavy atom. The lowest BCUT2D eigenvalue weighted by Gasteiger charge is -2.12. The van der Waals surface area contributed by atoms with Gasteiger partial charge in [0.25, 0.3) is 5.91 Å². The summed E-state index contributed by atoms with van der Waals surface area (Å²) in [7, 11) is 1.55. The molecule has 3 rings (SSSR count). The molecule has 0 saturated carbocycles. The first-order chi connectivity index (χ1) is 15.4. The molecule has 3 aromatic carbocycles. The number of anilines is 1. The normalized spacial score (nSPS) is 10.9. The number of hydrogen-bond acceptors (Lipinski definition) is 4. The van der Waals surface area contributed by atoms with Crippen molar-refractivity contribution in [2.45, 2.75) is 13.5 Å². The Morgan fingerprint density at radius 1 is 1.06 bits per heavy atom. The number of hydrogen-bond donors (Lipinski definition) is 1. The van der Waals surface area contributed by atoms with Gasteiger partial charge in [0.15, 0.2) is 0 Å². The highest BCUT2D eigenvalue weighted by atomic mass is 35.5. The van der Waals surface area contributed by atoms with E-state index in [4.69, 9.17) is 32.7 Å². The van der Waals surface area contributed by atoms with Gasteiger partial charge >= 0.3 is 0 Å². The van der Waals surface area contributed by atoms with Gasteiger partial charge in [-0.2, -0.15) is 5.26 Å². The van der Waals surface area contributed by atoms with Crippen LogP contribution in [0, 0.1) is 18.3 Å².